The molecule has 2 nitrogen and oxygen atoms in total. The van der Waals surface area contributed by atoms with Gasteiger partial charge in [0.15, 0.2) is 0 Å². The highest BCUT2D eigenvalue weighted by atomic mass is 14.6. The highest BCUT2D eigenvalue weighted by molar-refractivity contribution is 5.97. The lowest BCUT2D eigenvalue weighted by Crippen LogP contribution is -1.90. The molecule has 0 bridgehead atoms. The van der Waals surface area contributed by atoms with Gasteiger partial charge in [0.1, 0.15) is 0 Å². The number of aromatic nitrogens is 1. The van der Waals surface area contributed by atoms with Gasteiger partial charge in [-0.15, -0.1) is 0 Å². The molecule has 1 rings (SSSR count). The number of hydrogen-bond acceptors (Lipinski definition) is 1. The number of nitrogens with one attached hydrogen (secondary N) is 2. The molecule has 1 aromatic rings. The molecule has 0 aliphatic carbocycles. The molecule has 48 valence electrons. The van der Waals surface area contributed by atoms with Gasteiger partial charge in [0.2, 0.25) is 0 Å². The Morgan fingerprint density at radius 3 is 2.44 bits per heavy atom. The number of rotatable bonds is 1. The van der Waals surface area contributed by atoms with Gasteiger partial charge in [-0.1, -0.05) is 0 Å². The van der Waals surface area contributed by atoms with Crippen molar-refractivity contribution in [3.63, 3.8) is 0 Å². The Bertz CT molecular complexity index is 223. The highest BCUT2D eigenvalue weighted by Gasteiger charge is 1.98. The summed E-state index contributed by atoms with van der Waals surface area (Å²) < 4.78 is 0. The molecule has 0 amide bonds. The third-order valence-corrected chi connectivity index (χ3v) is 1.36. The van der Waals surface area contributed by atoms with Crippen LogP contribution in [-0.2, 0) is 0 Å². The van der Waals surface area contributed by atoms with Crippen molar-refractivity contribution in [1.82, 2.24) is 4.98 Å². The van der Waals surface area contributed by atoms with Gasteiger partial charge in [0.25, 0.3) is 0 Å². The van der Waals surface area contributed by atoms with E-state index < -0.39 is 0 Å². The molecule has 1 aromatic heterocycles. The predicted molar refractivity (Wildman–Crippen MR) is 38.0 cm³/mol. The number of H-pyrrole nitrogens is 1. The lowest BCUT2D eigenvalue weighted by molar-refractivity contribution is 1.39. The summed E-state index contributed by atoms with van der Waals surface area (Å²) in [5.74, 6) is 0. The quantitative estimate of drug-likeness (QED) is 0.532. The van der Waals surface area contributed by atoms with Gasteiger partial charge < -0.3 is 10.4 Å². The van der Waals surface area contributed by atoms with Crippen molar-refractivity contribution in [1.29, 1.82) is 5.41 Å². The SMILES string of the molecule is CC(=N)c1c[nH]cc1C. The second kappa shape index (κ2) is 2.05. The van der Waals surface area contributed by atoms with Crippen LogP contribution in [0.3, 0.4) is 0 Å². The zero-order chi connectivity index (χ0) is 6.85. The molecule has 0 unspecified atom stereocenters. The molecular weight excluding hydrogens is 112 g/mol. The molecule has 0 saturated heterocycles. The van der Waals surface area contributed by atoms with E-state index in [4.69, 9.17) is 5.41 Å². The molecule has 0 aliphatic heterocycles. The van der Waals surface area contributed by atoms with E-state index in [1.807, 2.05) is 19.3 Å². The first-order valence-corrected chi connectivity index (χ1v) is 2.90. The first kappa shape index (κ1) is 6.08. The average molecular weight is 122 g/mol. The topological polar surface area (TPSA) is 39.6 Å². The van der Waals surface area contributed by atoms with Gasteiger partial charge >= 0.3 is 0 Å². The maximum Gasteiger partial charge on any atom is 0.0373 e. The summed E-state index contributed by atoms with van der Waals surface area (Å²) in [6.45, 7) is 3.78. The van der Waals surface area contributed by atoms with Crippen molar-refractivity contribution < 1.29 is 0 Å². The van der Waals surface area contributed by atoms with Crippen molar-refractivity contribution in [3.8, 4) is 0 Å². The average Bonchev–Trinajstić information content (AvgIpc) is 2.13. The Balaban J connectivity index is 3.08. The van der Waals surface area contributed by atoms with Crippen LogP contribution in [0.15, 0.2) is 12.4 Å². The summed E-state index contributed by atoms with van der Waals surface area (Å²) in [6.07, 6.45) is 3.74. The van der Waals surface area contributed by atoms with Crippen molar-refractivity contribution in [2.24, 2.45) is 0 Å². The first-order chi connectivity index (χ1) is 4.22. The summed E-state index contributed by atoms with van der Waals surface area (Å²) in [6, 6.07) is 0. The molecule has 1 heterocycles. The Morgan fingerprint density at radius 1 is 1.56 bits per heavy atom. The molecular formula is C7H10N2. The fraction of sp³-hybridized carbons (Fsp3) is 0.286. The van der Waals surface area contributed by atoms with E-state index in [-0.39, 0.29) is 0 Å². The molecule has 0 spiro atoms. The van der Waals surface area contributed by atoms with Gasteiger partial charge in [0, 0.05) is 23.7 Å². The standard InChI is InChI=1S/C7H10N2/c1-5-3-9-4-7(5)6(2)8/h3-4,8-9H,1-2H3. The van der Waals surface area contributed by atoms with E-state index in [1.165, 1.54) is 0 Å². The summed E-state index contributed by atoms with van der Waals surface area (Å²) in [5.41, 5.74) is 2.77. The van der Waals surface area contributed by atoms with E-state index in [0.717, 1.165) is 11.1 Å². The minimum atomic E-state index is 0.619. The van der Waals surface area contributed by atoms with Gasteiger partial charge in [0.05, 0.1) is 0 Å². The third kappa shape index (κ3) is 1.02. The van der Waals surface area contributed by atoms with Crippen LogP contribution in [0.1, 0.15) is 18.1 Å². The molecule has 2 N–H and O–H groups in total. The van der Waals surface area contributed by atoms with Crippen LogP contribution in [0.4, 0.5) is 0 Å². The molecule has 0 aliphatic rings. The molecule has 0 fully saturated rings. The minimum Gasteiger partial charge on any atom is -0.367 e. The summed E-state index contributed by atoms with van der Waals surface area (Å²) in [4.78, 5) is 2.94. The van der Waals surface area contributed by atoms with Crippen LogP contribution in [0.2, 0.25) is 0 Å². The normalized spacial score (nSPS) is 9.56. The van der Waals surface area contributed by atoms with E-state index in [9.17, 15) is 0 Å². The number of hydrogen-bond donors (Lipinski definition) is 2. The molecule has 0 atom stereocenters. The largest absolute Gasteiger partial charge is 0.367 e. The van der Waals surface area contributed by atoms with E-state index in [1.54, 1.807) is 6.92 Å². The number of aryl methyl sites for hydroxylation is 1. The second-order valence-electron chi connectivity index (χ2n) is 2.18. The number of aromatic amines is 1. The molecule has 0 saturated carbocycles. The fourth-order valence-electron chi connectivity index (χ4n) is 0.846. The minimum absolute atomic E-state index is 0.619. The summed E-state index contributed by atoms with van der Waals surface area (Å²) >= 11 is 0. The summed E-state index contributed by atoms with van der Waals surface area (Å²) in [7, 11) is 0. The molecule has 0 aromatic carbocycles. The van der Waals surface area contributed by atoms with Gasteiger partial charge in [-0.05, 0) is 19.4 Å². The molecule has 2 heteroatoms. The van der Waals surface area contributed by atoms with Gasteiger partial charge in [-0.3, -0.25) is 0 Å². The van der Waals surface area contributed by atoms with Crippen molar-refractivity contribution in [2.75, 3.05) is 0 Å². The monoisotopic (exact) mass is 122 g/mol. The maximum absolute atomic E-state index is 7.27. The van der Waals surface area contributed by atoms with E-state index in [2.05, 4.69) is 4.98 Å². The van der Waals surface area contributed by atoms with Crippen LogP contribution in [0, 0.1) is 12.3 Å². The Morgan fingerprint density at radius 2 is 2.22 bits per heavy atom. The van der Waals surface area contributed by atoms with Crippen LogP contribution in [-0.4, -0.2) is 10.7 Å². The highest BCUT2D eigenvalue weighted by Crippen LogP contribution is 2.05. The Labute approximate surface area is 54.4 Å². The van der Waals surface area contributed by atoms with E-state index >= 15 is 0 Å². The van der Waals surface area contributed by atoms with Crippen molar-refractivity contribution in [2.45, 2.75) is 13.8 Å². The smallest absolute Gasteiger partial charge is 0.0373 e. The van der Waals surface area contributed by atoms with Gasteiger partial charge in [-0.2, -0.15) is 0 Å². The summed E-state index contributed by atoms with van der Waals surface area (Å²) in [5, 5.41) is 7.27. The zero-order valence-corrected chi connectivity index (χ0v) is 5.65. The van der Waals surface area contributed by atoms with Crippen molar-refractivity contribution >= 4 is 5.71 Å². The van der Waals surface area contributed by atoms with Gasteiger partial charge in [-0.25, -0.2) is 0 Å². The predicted octanol–water partition coefficient (Wildman–Crippen LogP) is 1.71. The van der Waals surface area contributed by atoms with Crippen LogP contribution >= 0.6 is 0 Å². The lowest BCUT2D eigenvalue weighted by Gasteiger charge is -1.91. The maximum atomic E-state index is 7.27. The van der Waals surface area contributed by atoms with Crippen LogP contribution < -0.4 is 0 Å². The Kier molecular flexibility index (Phi) is 1.39. The third-order valence-electron chi connectivity index (χ3n) is 1.36. The van der Waals surface area contributed by atoms with Crippen molar-refractivity contribution in [3.05, 3.63) is 23.5 Å². The zero-order valence-electron chi connectivity index (χ0n) is 5.65. The van der Waals surface area contributed by atoms with Crippen LogP contribution in [0.25, 0.3) is 0 Å². The molecule has 0 radical (unpaired) electrons. The second-order valence-corrected chi connectivity index (χ2v) is 2.18. The Hall–Kier alpha value is -1.05. The first-order valence-electron chi connectivity index (χ1n) is 2.90. The lowest BCUT2D eigenvalue weighted by atomic mass is 10.1. The van der Waals surface area contributed by atoms with E-state index in [0.29, 0.717) is 5.71 Å². The fourth-order valence-corrected chi connectivity index (χ4v) is 0.846. The van der Waals surface area contributed by atoms with Crippen LogP contribution in [0.5, 0.6) is 0 Å². The molecule has 9 heavy (non-hydrogen) atoms.